The van der Waals surface area contributed by atoms with Crippen molar-refractivity contribution in [3.8, 4) is 0 Å². The monoisotopic (exact) mass is 510 g/mol. The predicted octanol–water partition coefficient (Wildman–Crippen LogP) is 7.73. The Morgan fingerprint density at radius 3 is 1.95 bits per heavy atom. The number of anilines is 3. The first-order valence-electron chi connectivity index (χ1n) is 12.3. The van der Waals surface area contributed by atoms with Crippen molar-refractivity contribution in [2.75, 3.05) is 23.0 Å². The molecule has 0 fully saturated rings. The van der Waals surface area contributed by atoms with Crippen molar-refractivity contribution in [1.29, 1.82) is 0 Å². The van der Waals surface area contributed by atoms with Crippen molar-refractivity contribution >= 4 is 40.8 Å². The van der Waals surface area contributed by atoms with E-state index in [9.17, 15) is 9.59 Å². The van der Waals surface area contributed by atoms with Crippen LogP contribution >= 0.6 is 11.8 Å². The molecule has 5 nitrogen and oxygen atoms in total. The topological polar surface area (TPSA) is 49.9 Å². The van der Waals surface area contributed by atoms with Crippen molar-refractivity contribution < 1.29 is 14.3 Å². The maximum atomic E-state index is 13.9. The van der Waals surface area contributed by atoms with E-state index in [1.165, 1.54) is 0 Å². The number of nitrogens with zero attached hydrogens (tertiary/aromatic N) is 2. The van der Waals surface area contributed by atoms with Crippen molar-refractivity contribution in [3.05, 3.63) is 115 Å². The van der Waals surface area contributed by atoms with Crippen LogP contribution in [0.25, 0.3) is 0 Å². The molecule has 4 rings (SSSR count). The molecule has 0 aliphatic heterocycles. The molecule has 0 atom stereocenters. The molecule has 6 heteroatoms. The summed E-state index contributed by atoms with van der Waals surface area (Å²) in [5.41, 5.74) is 3.35. The van der Waals surface area contributed by atoms with E-state index in [1.54, 1.807) is 28.5 Å². The van der Waals surface area contributed by atoms with Crippen LogP contribution in [0.3, 0.4) is 0 Å². The number of carbonyl (C=O) groups excluding carboxylic acids is 2. The third-order valence-electron chi connectivity index (χ3n) is 5.71. The molecule has 0 aliphatic carbocycles. The first-order valence-corrected chi connectivity index (χ1v) is 13.1. The van der Waals surface area contributed by atoms with E-state index >= 15 is 0 Å². The summed E-state index contributed by atoms with van der Waals surface area (Å²) in [5.74, 6) is -0.224. The molecule has 0 saturated heterocycles. The second-order valence-corrected chi connectivity index (χ2v) is 9.41. The normalized spacial score (nSPS) is 10.5. The Bertz CT molecular complexity index is 1310. The molecular formula is C31H30N2O3S. The SMILES string of the molecule is CCOC(=O)Cc1ccc(Sc2cccc(N(C(=O)N(CC)c3ccccc3)c3ccccc3)c2)cc1. The Balaban J connectivity index is 1.60. The minimum atomic E-state index is -0.224. The number of rotatable bonds is 9. The van der Waals surface area contributed by atoms with Crippen LogP contribution in [-0.2, 0) is 16.0 Å². The first kappa shape index (κ1) is 26.0. The average molecular weight is 511 g/mol. The maximum absolute atomic E-state index is 13.9. The number of carbonyl (C=O) groups is 2. The fourth-order valence-corrected chi connectivity index (χ4v) is 4.85. The van der Waals surface area contributed by atoms with Gasteiger partial charge in [-0.3, -0.25) is 14.6 Å². The summed E-state index contributed by atoms with van der Waals surface area (Å²) in [6.45, 7) is 4.71. The molecule has 0 aromatic heterocycles. The van der Waals surface area contributed by atoms with Crippen LogP contribution < -0.4 is 9.80 Å². The van der Waals surface area contributed by atoms with Crippen LogP contribution in [0.2, 0.25) is 0 Å². The van der Waals surface area contributed by atoms with Crippen LogP contribution in [0.1, 0.15) is 19.4 Å². The van der Waals surface area contributed by atoms with Gasteiger partial charge in [-0.15, -0.1) is 0 Å². The molecule has 0 bridgehead atoms. The van der Waals surface area contributed by atoms with Gasteiger partial charge in [-0.2, -0.15) is 0 Å². The van der Waals surface area contributed by atoms with Gasteiger partial charge in [-0.1, -0.05) is 66.4 Å². The lowest BCUT2D eigenvalue weighted by Gasteiger charge is -2.30. The fourth-order valence-electron chi connectivity index (χ4n) is 3.98. The summed E-state index contributed by atoms with van der Waals surface area (Å²) in [4.78, 5) is 31.3. The Morgan fingerprint density at radius 2 is 1.32 bits per heavy atom. The molecule has 0 spiro atoms. The minimum absolute atomic E-state index is 0.120. The molecule has 4 aromatic rings. The Labute approximate surface area is 222 Å². The summed E-state index contributed by atoms with van der Waals surface area (Å²) < 4.78 is 5.04. The van der Waals surface area contributed by atoms with E-state index in [4.69, 9.17) is 4.74 Å². The van der Waals surface area contributed by atoms with Gasteiger partial charge in [0.05, 0.1) is 24.4 Å². The molecule has 0 N–H and O–H groups in total. The molecule has 0 saturated carbocycles. The van der Waals surface area contributed by atoms with Gasteiger partial charge >= 0.3 is 12.0 Å². The highest BCUT2D eigenvalue weighted by molar-refractivity contribution is 7.99. The Morgan fingerprint density at radius 1 is 0.703 bits per heavy atom. The third-order valence-corrected chi connectivity index (χ3v) is 6.71. The van der Waals surface area contributed by atoms with E-state index in [0.717, 1.165) is 32.4 Å². The zero-order chi connectivity index (χ0) is 26.0. The Hall–Kier alpha value is -4.03. The molecule has 37 heavy (non-hydrogen) atoms. The van der Waals surface area contributed by atoms with Gasteiger partial charge < -0.3 is 4.74 Å². The van der Waals surface area contributed by atoms with E-state index in [2.05, 4.69) is 0 Å². The highest BCUT2D eigenvalue weighted by atomic mass is 32.2. The second kappa shape index (κ2) is 12.8. The van der Waals surface area contributed by atoms with E-state index in [-0.39, 0.29) is 18.4 Å². The van der Waals surface area contributed by atoms with Gasteiger partial charge in [0, 0.05) is 22.0 Å². The summed E-state index contributed by atoms with van der Waals surface area (Å²) >= 11 is 1.61. The number of hydrogen-bond donors (Lipinski definition) is 0. The van der Waals surface area contributed by atoms with Gasteiger partial charge in [-0.25, -0.2) is 4.79 Å². The number of amides is 2. The maximum Gasteiger partial charge on any atom is 0.333 e. The summed E-state index contributed by atoms with van der Waals surface area (Å²) in [6.07, 6.45) is 0.262. The number of hydrogen-bond acceptors (Lipinski definition) is 4. The Kier molecular flexibility index (Phi) is 9.00. The van der Waals surface area contributed by atoms with Crippen molar-refractivity contribution in [2.24, 2.45) is 0 Å². The van der Waals surface area contributed by atoms with Gasteiger partial charge in [-0.05, 0) is 74.0 Å². The highest BCUT2D eigenvalue weighted by Crippen LogP contribution is 2.34. The highest BCUT2D eigenvalue weighted by Gasteiger charge is 2.24. The molecule has 0 unspecified atom stereocenters. The lowest BCUT2D eigenvalue weighted by Crippen LogP contribution is -2.41. The molecule has 0 heterocycles. The smallest absolute Gasteiger partial charge is 0.333 e. The lowest BCUT2D eigenvalue weighted by atomic mass is 10.1. The zero-order valence-electron chi connectivity index (χ0n) is 21.0. The molecule has 188 valence electrons. The van der Waals surface area contributed by atoms with Crippen molar-refractivity contribution in [2.45, 2.75) is 30.1 Å². The van der Waals surface area contributed by atoms with Crippen LogP contribution in [-0.4, -0.2) is 25.2 Å². The second-order valence-electron chi connectivity index (χ2n) is 8.26. The summed E-state index contributed by atoms with van der Waals surface area (Å²) in [7, 11) is 0. The molecule has 0 aliphatic rings. The number of benzene rings is 4. The quantitative estimate of drug-likeness (QED) is 0.216. The van der Waals surface area contributed by atoms with Gasteiger partial charge in [0.1, 0.15) is 0 Å². The van der Waals surface area contributed by atoms with E-state index in [1.807, 2.05) is 116 Å². The largest absolute Gasteiger partial charge is 0.466 e. The standard InChI is InChI=1S/C31H30N2O3S/c1-3-32(25-12-7-5-8-13-25)31(35)33(26-14-9-6-10-15-26)27-16-11-17-29(23-27)37-28-20-18-24(19-21-28)22-30(34)36-4-2/h5-21,23H,3-4,22H2,1-2H3. The molecule has 4 aromatic carbocycles. The average Bonchev–Trinajstić information content (AvgIpc) is 2.92. The minimum Gasteiger partial charge on any atom is -0.466 e. The van der Waals surface area contributed by atoms with Gasteiger partial charge in [0.15, 0.2) is 0 Å². The summed E-state index contributed by atoms with van der Waals surface area (Å²) in [6, 6.07) is 35.2. The summed E-state index contributed by atoms with van der Waals surface area (Å²) in [5, 5.41) is 0. The van der Waals surface area contributed by atoms with Gasteiger partial charge in [0.25, 0.3) is 0 Å². The molecular weight excluding hydrogens is 480 g/mol. The third kappa shape index (κ3) is 6.80. The van der Waals surface area contributed by atoms with E-state index in [0.29, 0.717) is 13.2 Å². The van der Waals surface area contributed by atoms with Crippen LogP contribution in [0.15, 0.2) is 119 Å². The van der Waals surface area contributed by atoms with Crippen molar-refractivity contribution in [3.63, 3.8) is 0 Å². The zero-order valence-corrected chi connectivity index (χ0v) is 21.9. The first-order chi connectivity index (χ1) is 18.1. The number of para-hydroxylation sites is 2. The lowest BCUT2D eigenvalue weighted by molar-refractivity contribution is -0.142. The number of ether oxygens (including phenoxy) is 1. The van der Waals surface area contributed by atoms with Crippen molar-refractivity contribution in [1.82, 2.24) is 0 Å². The van der Waals surface area contributed by atoms with Gasteiger partial charge in [0.2, 0.25) is 0 Å². The fraction of sp³-hybridized carbons (Fsp3) is 0.161. The molecule has 2 amide bonds. The van der Waals surface area contributed by atoms with E-state index < -0.39 is 0 Å². The number of urea groups is 1. The molecule has 0 radical (unpaired) electrons. The van der Waals surface area contributed by atoms with Crippen LogP contribution in [0.4, 0.5) is 21.9 Å². The van der Waals surface area contributed by atoms with Crippen LogP contribution in [0, 0.1) is 0 Å². The number of esters is 1. The predicted molar refractivity (Wildman–Crippen MR) is 151 cm³/mol. The van der Waals surface area contributed by atoms with Crippen LogP contribution in [0.5, 0.6) is 0 Å².